The Morgan fingerprint density at radius 2 is 2.32 bits per heavy atom. The molecule has 1 aliphatic rings. The Labute approximate surface area is 166 Å². The maximum atomic E-state index is 13.4. The fourth-order valence-electron chi connectivity index (χ4n) is 3.56. The molecular weight excluding hydrogens is 379 g/mol. The zero-order valence-electron chi connectivity index (χ0n) is 15.5. The van der Waals surface area contributed by atoms with E-state index in [1.807, 2.05) is 11.0 Å². The fraction of sp³-hybridized carbons (Fsp3) is 0.350. The van der Waals surface area contributed by atoms with E-state index in [2.05, 4.69) is 9.97 Å². The van der Waals surface area contributed by atoms with Gasteiger partial charge in [-0.3, -0.25) is 4.79 Å². The topological polar surface area (TPSA) is 85.2 Å². The van der Waals surface area contributed by atoms with Gasteiger partial charge >= 0.3 is 0 Å². The molecule has 8 heteroatoms. The van der Waals surface area contributed by atoms with Gasteiger partial charge in [-0.05, 0) is 37.5 Å². The monoisotopic (exact) mass is 400 g/mol. The standard InChI is InChI=1S/C20H21FN4O2S/c1-12-17(28-20(22)24-12)19(26)25-7-3-5-14(11-25)18-23-10-16(27-18)9-13-4-2-6-15(21)8-13/h2,4,6,8,10,14H,3,5,7,9,11H2,1H3,(H2,22,24). The van der Waals surface area contributed by atoms with Gasteiger partial charge in [0.05, 0.1) is 17.8 Å². The number of hydrogen-bond donors (Lipinski definition) is 1. The van der Waals surface area contributed by atoms with Crippen LogP contribution in [0.25, 0.3) is 0 Å². The molecule has 3 heterocycles. The van der Waals surface area contributed by atoms with Gasteiger partial charge in [-0.25, -0.2) is 14.4 Å². The van der Waals surface area contributed by atoms with Crippen molar-refractivity contribution in [2.24, 2.45) is 0 Å². The Balaban J connectivity index is 1.45. The van der Waals surface area contributed by atoms with Crippen LogP contribution in [0.4, 0.5) is 9.52 Å². The average molecular weight is 400 g/mol. The lowest BCUT2D eigenvalue weighted by atomic mass is 9.98. The summed E-state index contributed by atoms with van der Waals surface area (Å²) in [7, 11) is 0. The SMILES string of the molecule is Cc1nc(N)sc1C(=O)N1CCCC(c2ncc(Cc3cccc(F)c3)o2)C1. The van der Waals surface area contributed by atoms with Crippen LogP contribution in [0.5, 0.6) is 0 Å². The highest BCUT2D eigenvalue weighted by atomic mass is 32.1. The predicted octanol–water partition coefficient (Wildman–Crippen LogP) is 3.77. The van der Waals surface area contributed by atoms with Crippen LogP contribution in [-0.2, 0) is 6.42 Å². The number of halogens is 1. The number of aryl methyl sites for hydroxylation is 1. The number of rotatable bonds is 4. The first kappa shape index (κ1) is 18.6. The van der Waals surface area contributed by atoms with Crippen molar-refractivity contribution >= 4 is 22.4 Å². The van der Waals surface area contributed by atoms with E-state index in [0.29, 0.717) is 46.9 Å². The van der Waals surface area contributed by atoms with Gasteiger partial charge in [-0.1, -0.05) is 23.5 Å². The Morgan fingerprint density at radius 3 is 3.07 bits per heavy atom. The van der Waals surface area contributed by atoms with Gasteiger partial charge < -0.3 is 15.1 Å². The lowest BCUT2D eigenvalue weighted by Crippen LogP contribution is -2.39. The summed E-state index contributed by atoms with van der Waals surface area (Å²) >= 11 is 1.23. The Morgan fingerprint density at radius 1 is 1.46 bits per heavy atom. The average Bonchev–Trinajstić information content (AvgIpc) is 3.27. The molecule has 0 saturated carbocycles. The Kier molecular flexibility index (Phi) is 5.13. The normalized spacial score (nSPS) is 17.1. The molecule has 2 aromatic heterocycles. The second kappa shape index (κ2) is 7.71. The summed E-state index contributed by atoms with van der Waals surface area (Å²) in [6.07, 6.45) is 3.97. The second-order valence-corrected chi connectivity index (χ2v) is 8.06. The molecule has 28 heavy (non-hydrogen) atoms. The molecule has 1 aromatic carbocycles. The lowest BCUT2D eigenvalue weighted by molar-refractivity contribution is 0.0702. The highest BCUT2D eigenvalue weighted by Gasteiger charge is 2.30. The molecule has 0 aliphatic carbocycles. The highest BCUT2D eigenvalue weighted by Crippen LogP contribution is 2.30. The van der Waals surface area contributed by atoms with E-state index in [-0.39, 0.29) is 17.6 Å². The van der Waals surface area contributed by atoms with E-state index in [4.69, 9.17) is 10.2 Å². The molecular formula is C20H21FN4O2S. The van der Waals surface area contributed by atoms with Crippen molar-refractivity contribution in [2.45, 2.75) is 32.1 Å². The molecule has 0 spiro atoms. The molecule has 1 aliphatic heterocycles. The smallest absolute Gasteiger partial charge is 0.265 e. The molecule has 1 unspecified atom stereocenters. The summed E-state index contributed by atoms with van der Waals surface area (Å²) in [6, 6.07) is 6.45. The van der Waals surface area contributed by atoms with E-state index in [0.717, 1.165) is 18.4 Å². The van der Waals surface area contributed by atoms with E-state index in [1.54, 1.807) is 19.2 Å². The van der Waals surface area contributed by atoms with Crippen LogP contribution in [0, 0.1) is 12.7 Å². The number of amides is 1. The molecule has 4 rings (SSSR count). The van der Waals surface area contributed by atoms with Gasteiger partial charge in [0.1, 0.15) is 16.5 Å². The lowest BCUT2D eigenvalue weighted by Gasteiger charge is -2.31. The van der Waals surface area contributed by atoms with Crippen molar-refractivity contribution in [3.8, 4) is 0 Å². The number of likely N-dealkylation sites (tertiary alicyclic amines) is 1. The van der Waals surface area contributed by atoms with Crippen LogP contribution in [0.15, 0.2) is 34.9 Å². The number of benzene rings is 1. The summed E-state index contributed by atoms with van der Waals surface area (Å²) < 4.78 is 19.3. The van der Waals surface area contributed by atoms with Crippen molar-refractivity contribution in [3.63, 3.8) is 0 Å². The molecule has 2 N–H and O–H groups in total. The number of carbonyl (C=O) groups excluding carboxylic acids is 1. The third kappa shape index (κ3) is 3.91. The first-order valence-corrected chi connectivity index (χ1v) is 10.0. The largest absolute Gasteiger partial charge is 0.445 e. The number of nitrogens with zero attached hydrogens (tertiary/aromatic N) is 3. The quantitative estimate of drug-likeness (QED) is 0.721. The number of carbonyl (C=O) groups is 1. The number of anilines is 1. The van der Waals surface area contributed by atoms with Gasteiger partial charge in [-0.2, -0.15) is 0 Å². The zero-order chi connectivity index (χ0) is 19.7. The van der Waals surface area contributed by atoms with Crippen molar-refractivity contribution < 1.29 is 13.6 Å². The Hall–Kier alpha value is -2.74. The number of piperidine rings is 1. The second-order valence-electron chi connectivity index (χ2n) is 7.03. The van der Waals surface area contributed by atoms with Gasteiger partial charge in [0.2, 0.25) is 0 Å². The van der Waals surface area contributed by atoms with Crippen LogP contribution < -0.4 is 5.73 Å². The van der Waals surface area contributed by atoms with Crippen molar-refractivity contribution in [3.05, 3.63) is 64.1 Å². The first-order valence-electron chi connectivity index (χ1n) is 9.21. The molecule has 1 amide bonds. The minimum Gasteiger partial charge on any atom is -0.445 e. The number of nitrogen functional groups attached to an aromatic ring is 1. The number of oxazole rings is 1. The number of nitrogens with two attached hydrogens (primary N) is 1. The predicted molar refractivity (Wildman–Crippen MR) is 105 cm³/mol. The first-order chi connectivity index (χ1) is 13.5. The van der Waals surface area contributed by atoms with Crippen LogP contribution in [0.3, 0.4) is 0 Å². The highest BCUT2D eigenvalue weighted by molar-refractivity contribution is 7.17. The molecule has 3 aromatic rings. The minimum absolute atomic E-state index is 0.0389. The van der Waals surface area contributed by atoms with Crippen molar-refractivity contribution in [1.82, 2.24) is 14.9 Å². The molecule has 1 atom stereocenters. The summed E-state index contributed by atoms with van der Waals surface area (Å²) in [6.45, 7) is 3.05. The summed E-state index contributed by atoms with van der Waals surface area (Å²) in [4.78, 5) is 23.8. The summed E-state index contributed by atoms with van der Waals surface area (Å²) in [5.41, 5.74) is 7.23. The van der Waals surface area contributed by atoms with Crippen LogP contribution in [-0.4, -0.2) is 33.9 Å². The molecule has 146 valence electrons. The minimum atomic E-state index is -0.266. The molecule has 1 saturated heterocycles. The number of hydrogen-bond acceptors (Lipinski definition) is 6. The van der Waals surface area contributed by atoms with Gasteiger partial charge in [0, 0.05) is 19.5 Å². The van der Waals surface area contributed by atoms with Gasteiger partial charge in [-0.15, -0.1) is 0 Å². The van der Waals surface area contributed by atoms with Gasteiger partial charge in [0.25, 0.3) is 5.91 Å². The van der Waals surface area contributed by atoms with Crippen molar-refractivity contribution in [2.75, 3.05) is 18.8 Å². The van der Waals surface area contributed by atoms with E-state index < -0.39 is 0 Å². The molecule has 1 fully saturated rings. The van der Waals surface area contributed by atoms with Gasteiger partial charge in [0.15, 0.2) is 11.0 Å². The summed E-state index contributed by atoms with van der Waals surface area (Å²) in [5, 5.41) is 0.407. The molecule has 6 nitrogen and oxygen atoms in total. The maximum absolute atomic E-state index is 13.4. The molecule has 0 radical (unpaired) electrons. The third-order valence-electron chi connectivity index (χ3n) is 4.90. The van der Waals surface area contributed by atoms with Crippen molar-refractivity contribution in [1.29, 1.82) is 0 Å². The van der Waals surface area contributed by atoms with Crippen LogP contribution in [0.2, 0.25) is 0 Å². The maximum Gasteiger partial charge on any atom is 0.265 e. The van der Waals surface area contributed by atoms with E-state index in [1.165, 1.54) is 23.5 Å². The zero-order valence-corrected chi connectivity index (χ0v) is 16.3. The molecule has 0 bridgehead atoms. The van der Waals surface area contributed by atoms with Crippen LogP contribution >= 0.6 is 11.3 Å². The number of aromatic nitrogens is 2. The van der Waals surface area contributed by atoms with E-state index in [9.17, 15) is 9.18 Å². The Bertz CT molecular complexity index is 1000. The van der Waals surface area contributed by atoms with E-state index >= 15 is 0 Å². The fourth-order valence-corrected chi connectivity index (χ4v) is 4.37. The summed E-state index contributed by atoms with van der Waals surface area (Å²) in [5.74, 6) is 1.06. The van der Waals surface area contributed by atoms with Crippen LogP contribution in [0.1, 0.15) is 51.3 Å². The third-order valence-corrected chi connectivity index (χ3v) is 5.88. The number of thiazole rings is 1.